The fraction of sp³-hybridized carbons (Fsp3) is 0.222. The molecule has 0 atom stereocenters. The molecule has 0 spiro atoms. The number of rotatable bonds is 5. The standard InChI is InChI=1S/C18H16BrClN2O3/c19-12-3-8-16(15(20)10-12)25-11-17(23)21-13-4-6-14(7-5-13)22-9-1-2-18(22)24/h3-8,10H,1-2,9,11H2,(H,21,23). The summed E-state index contributed by atoms with van der Waals surface area (Å²) in [5.41, 5.74) is 1.49. The van der Waals surface area contributed by atoms with Crippen LogP contribution in [-0.2, 0) is 9.59 Å². The lowest BCUT2D eigenvalue weighted by atomic mass is 10.2. The summed E-state index contributed by atoms with van der Waals surface area (Å²) in [5.74, 6) is 0.295. The van der Waals surface area contributed by atoms with Gasteiger partial charge in [-0.2, -0.15) is 0 Å². The zero-order valence-electron chi connectivity index (χ0n) is 13.3. The Morgan fingerprint density at radius 3 is 2.64 bits per heavy atom. The molecule has 130 valence electrons. The van der Waals surface area contributed by atoms with Crippen molar-refractivity contribution in [3.63, 3.8) is 0 Å². The van der Waals surface area contributed by atoms with E-state index in [4.69, 9.17) is 16.3 Å². The van der Waals surface area contributed by atoms with Crippen LogP contribution in [0.25, 0.3) is 0 Å². The third-order valence-corrected chi connectivity index (χ3v) is 4.58. The molecule has 7 heteroatoms. The van der Waals surface area contributed by atoms with Gasteiger partial charge in [-0.05, 0) is 48.9 Å². The lowest BCUT2D eigenvalue weighted by Gasteiger charge is -2.16. The molecule has 2 amide bonds. The molecule has 5 nitrogen and oxygen atoms in total. The molecule has 3 rings (SSSR count). The van der Waals surface area contributed by atoms with Crippen molar-refractivity contribution in [2.75, 3.05) is 23.4 Å². The lowest BCUT2D eigenvalue weighted by Crippen LogP contribution is -2.23. The van der Waals surface area contributed by atoms with Gasteiger partial charge in [-0.15, -0.1) is 0 Å². The fourth-order valence-corrected chi connectivity index (χ4v) is 3.31. The molecule has 0 radical (unpaired) electrons. The topological polar surface area (TPSA) is 58.6 Å². The highest BCUT2D eigenvalue weighted by Crippen LogP contribution is 2.28. The van der Waals surface area contributed by atoms with Crippen molar-refractivity contribution < 1.29 is 14.3 Å². The van der Waals surface area contributed by atoms with Crippen LogP contribution >= 0.6 is 27.5 Å². The van der Waals surface area contributed by atoms with E-state index in [9.17, 15) is 9.59 Å². The van der Waals surface area contributed by atoms with Gasteiger partial charge in [0.25, 0.3) is 5.91 Å². The van der Waals surface area contributed by atoms with Crippen LogP contribution in [-0.4, -0.2) is 25.0 Å². The Labute approximate surface area is 159 Å². The van der Waals surface area contributed by atoms with Gasteiger partial charge in [0.15, 0.2) is 6.61 Å². The average Bonchev–Trinajstić information content (AvgIpc) is 3.01. The highest BCUT2D eigenvalue weighted by Gasteiger charge is 2.21. The van der Waals surface area contributed by atoms with Crippen molar-refractivity contribution in [3.8, 4) is 5.75 Å². The molecular formula is C18H16BrClN2O3. The third kappa shape index (κ3) is 4.52. The first-order valence-corrected chi connectivity index (χ1v) is 8.98. The van der Waals surface area contributed by atoms with Gasteiger partial charge < -0.3 is 15.0 Å². The summed E-state index contributed by atoms with van der Waals surface area (Å²) in [6, 6.07) is 12.4. The molecule has 2 aromatic carbocycles. The van der Waals surface area contributed by atoms with Crippen LogP contribution in [0.2, 0.25) is 5.02 Å². The van der Waals surface area contributed by atoms with E-state index < -0.39 is 0 Å². The summed E-state index contributed by atoms with van der Waals surface area (Å²) in [5, 5.41) is 3.18. The van der Waals surface area contributed by atoms with Gasteiger partial charge in [0.05, 0.1) is 5.02 Å². The number of nitrogens with zero attached hydrogens (tertiary/aromatic N) is 1. The SMILES string of the molecule is O=C(COc1ccc(Br)cc1Cl)Nc1ccc(N2CCCC2=O)cc1. The summed E-state index contributed by atoms with van der Waals surface area (Å²) >= 11 is 9.36. The van der Waals surface area contributed by atoms with Gasteiger partial charge in [0.1, 0.15) is 5.75 Å². The number of anilines is 2. The zero-order chi connectivity index (χ0) is 17.8. The predicted molar refractivity (Wildman–Crippen MR) is 101 cm³/mol. The van der Waals surface area contributed by atoms with Gasteiger partial charge in [-0.25, -0.2) is 0 Å². The second kappa shape index (κ2) is 7.89. The first kappa shape index (κ1) is 17.8. The molecule has 0 unspecified atom stereocenters. The molecule has 0 aromatic heterocycles. The van der Waals surface area contributed by atoms with E-state index in [1.165, 1.54) is 0 Å². The Morgan fingerprint density at radius 2 is 2.00 bits per heavy atom. The molecule has 2 aromatic rings. The number of halogens is 2. The first-order chi connectivity index (χ1) is 12.0. The van der Waals surface area contributed by atoms with Gasteiger partial charge in [-0.1, -0.05) is 27.5 Å². The number of nitrogens with one attached hydrogen (secondary N) is 1. The second-order valence-corrected chi connectivity index (χ2v) is 6.93. The third-order valence-electron chi connectivity index (χ3n) is 3.79. The van der Waals surface area contributed by atoms with Crippen molar-refractivity contribution in [1.29, 1.82) is 0 Å². The molecule has 1 aliphatic rings. The zero-order valence-corrected chi connectivity index (χ0v) is 15.6. The normalized spacial score (nSPS) is 13.8. The number of ether oxygens (including phenoxy) is 1. The van der Waals surface area contributed by atoms with E-state index in [-0.39, 0.29) is 18.4 Å². The van der Waals surface area contributed by atoms with Crippen molar-refractivity contribution in [1.82, 2.24) is 0 Å². The van der Waals surface area contributed by atoms with Gasteiger partial charge >= 0.3 is 0 Å². The van der Waals surface area contributed by atoms with Crippen molar-refractivity contribution in [2.24, 2.45) is 0 Å². The van der Waals surface area contributed by atoms with Crippen LogP contribution in [0.1, 0.15) is 12.8 Å². The van der Waals surface area contributed by atoms with E-state index in [1.54, 1.807) is 35.2 Å². The molecule has 0 bridgehead atoms. The Morgan fingerprint density at radius 1 is 1.24 bits per heavy atom. The largest absolute Gasteiger partial charge is 0.482 e. The van der Waals surface area contributed by atoms with Gasteiger partial charge in [-0.3, -0.25) is 9.59 Å². The maximum absolute atomic E-state index is 12.0. The minimum Gasteiger partial charge on any atom is -0.482 e. The van der Waals surface area contributed by atoms with Crippen LogP contribution in [0, 0.1) is 0 Å². The minimum atomic E-state index is -0.288. The number of hydrogen-bond acceptors (Lipinski definition) is 3. The predicted octanol–water partition coefficient (Wildman–Crippen LogP) is 4.25. The molecular weight excluding hydrogens is 408 g/mol. The highest BCUT2D eigenvalue weighted by atomic mass is 79.9. The average molecular weight is 424 g/mol. The van der Waals surface area contributed by atoms with Crippen LogP contribution in [0.3, 0.4) is 0 Å². The Kier molecular flexibility index (Phi) is 5.60. The molecule has 1 heterocycles. The van der Waals surface area contributed by atoms with E-state index in [1.807, 2.05) is 12.1 Å². The second-order valence-electron chi connectivity index (χ2n) is 5.61. The molecule has 25 heavy (non-hydrogen) atoms. The maximum Gasteiger partial charge on any atom is 0.262 e. The van der Waals surface area contributed by atoms with E-state index in [2.05, 4.69) is 21.2 Å². The van der Waals surface area contributed by atoms with Gasteiger partial charge in [0, 0.05) is 28.8 Å². The summed E-state index contributed by atoms with van der Waals surface area (Å²) in [4.78, 5) is 25.5. The minimum absolute atomic E-state index is 0.136. The molecule has 1 saturated heterocycles. The summed E-state index contributed by atoms with van der Waals surface area (Å²) in [7, 11) is 0. The smallest absolute Gasteiger partial charge is 0.262 e. The molecule has 1 aliphatic heterocycles. The number of carbonyl (C=O) groups excluding carboxylic acids is 2. The summed E-state index contributed by atoms with van der Waals surface area (Å²) in [6.07, 6.45) is 1.47. The molecule has 0 saturated carbocycles. The molecule has 1 N–H and O–H groups in total. The lowest BCUT2D eigenvalue weighted by molar-refractivity contribution is -0.118. The monoisotopic (exact) mass is 422 g/mol. The quantitative estimate of drug-likeness (QED) is 0.782. The Bertz CT molecular complexity index is 795. The maximum atomic E-state index is 12.0. The fourth-order valence-electron chi connectivity index (χ4n) is 2.58. The first-order valence-electron chi connectivity index (χ1n) is 7.81. The van der Waals surface area contributed by atoms with Gasteiger partial charge in [0.2, 0.25) is 5.91 Å². The number of amides is 2. The van der Waals surface area contributed by atoms with Crippen molar-refractivity contribution >= 4 is 50.7 Å². The number of carbonyl (C=O) groups is 2. The number of hydrogen-bond donors (Lipinski definition) is 1. The summed E-state index contributed by atoms with van der Waals surface area (Å²) in [6.45, 7) is 0.597. The summed E-state index contributed by atoms with van der Waals surface area (Å²) < 4.78 is 6.27. The van der Waals surface area contributed by atoms with Crippen LogP contribution in [0.4, 0.5) is 11.4 Å². The van der Waals surface area contributed by atoms with Crippen LogP contribution in [0.15, 0.2) is 46.9 Å². The highest BCUT2D eigenvalue weighted by molar-refractivity contribution is 9.10. The van der Waals surface area contributed by atoms with E-state index in [0.717, 1.165) is 23.1 Å². The van der Waals surface area contributed by atoms with Crippen molar-refractivity contribution in [2.45, 2.75) is 12.8 Å². The van der Waals surface area contributed by atoms with Crippen molar-refractivity contribution in [3.05, 3.63) is 52.0 Å². The number of benzene rings is 2. The molecule has 1 fully saturated rings. The molecule has 0 aliphatic carbocycles. The van der Waals surface area contributed by atoms with Crippen LogP contribution < -0.4 is 15.0 Å². The Balaban J connectivity index is 1.55. The van der Waals surface area contributed by atoms with E-state index >= 15 is 0 Å². The Hall–Kier alpha value is -2.05. The van der Waals surface area contributed by atoms with E-state index in [0.29, 0.717) is 22.9 Å². The van der Waals surface area contributed by atoms with Crippen LogP contribution in [0.5, 0.6) is 5.75 Å².